The van der Waals surface area contributed by atoms with E-state index in [0.29, 0.717) is 5.56 Å². The summed E-state index contributed by atoms with van der Waals surface area (Å²) in [6, 6.07) is 21.9. The fourth-order valence-electron chi connectivity index (χ4n) is 3.49. The van der Waals surface area contributed by atoms with Crippen molar-refractivity contribution >= 4 is 33.2 Å². The first kappa shape index (κ1) is 25.2. The maximum atomic E-state index is 12.8. The Bertz CT molecular complexity index is 1230. The van der Waals surface area contributed by atoms with Gasteiger partial charge in [0, 0.05) is 16.6 Å². The van der Waals surface area contributed by atoms with Gasteiger partial charge in [-0.3, -0.25) is 0 Å². The van der Waals surface area contributed by atoms with Crippen LogP contribution in [0.4, 0.5) is 0 Å². The molecule has 0 fully saturated rings. The maximum Gasteiger partial charge on any atom is 0.240 e. The number of nitrogens with one attached hydrogen (secondary N) is 1. The molecule has 3 aromatic rings. The van der Waals surface area contributed by atoms with Gasteiger partial charge in [0.1, 0.15) is 0 Å². The molecule has 5 nitrogen and oxygen atoms in total. The molecule has 0 amide bonds. The van der Waals surface area contributed by atoms with Crippen LogP contribution in [-0.4, -0.2) is 40.5 Å². The number of nitriles is 1. The van der Waals surface area contributed by atoms with Gasteiger partial charge in [-0.25, -0.2) is 13.1 Å². The van der Waals surface area contributed by atoms with Crippen LogP contribution in [0.15, 0.2) is 71.6 Å². The number of hydrogen-bond acceptors (Lipinski definition) is 4. The molecule has 3 aromatic carbocycles. The van der Waals surface area contributed by atoms with Crippen LogP contribution in [0.3, 0.4) is 0 Å². The second-order valence-electron chi connectivity index (χ2n) is 8.06. The molecule has 0 heterocycles. The van der Waals surface area contributed by atoms with Gasteiger partial charge in [-0.1, -0.05) is 59.6 Å². The highest BCUT2D eigenvalue weighted by molar-refractivity contribution is 7.89. The Labute approximate surface area is 205 Å². The van der Waals surface area contributed by atoms with Gasteiger partial charge in [-0.15, -0.1) is 0 Å². The van der Waals surface area contributed by atoms with Crippen LogP contribution in [0.25, 0.3) is 11.1 Å². The minimum Gasteiger partial charge on any atom is -0.309 e. The van der Waals surface area contributed by atoms with Gasteiger partial charge < -0.3 is 4.90 Å². The van der Waals surface area contributed by atoms with E-state index in [2.05, 4.69) is 15.7 Å². The predicted molar refractivity (Wildman–Crippen MR) is 134 cm³/mol. The SMILES string of the molecule is CN(C)CC[C@@H](CNS(=O)(=O)c1cc(Cl)cc(Cl)c1)c1ccc(-c2cccc(C#N)c2)cc1. The lowest BCUT2D eigenvalue weighted by molar-refractivity contribution is 0.379. The predicted octanol–water partition coefficient (Wildman–Crippen LogP) is 5.55. The molecule has 1 N–H and O–H groups in total. The fourth-order valence-corrected chi connectivity index (χ4v) is 5.30. The quantitative estimate of drug-likeness (QED) is 0.417. The number of sulfonamides is 1. The largest absolute Gasteiger partial charge is 0.309 e. The second-order valence-corrected chi connectivity index (χ2v) is 10.7. The van der Waals surface area contributed by atoms with Crippen LogP contribution in [0, 0.1) is 11.3 Å². The number of benzene rings is 3. The zero-order valence-corrected chi connectivity index (χ0v) is 20.8. The molecule has 0 saturated heterocycles. The standard InChI is InChI=1S/C25H25Cl2N3O2S/c1-30(2)11-10-22(17-29-33(31,32)25-14-23(26)13-24(27)15-25)20-8-6-19(7-9-20)21-5-3-4-18(12-21)16-28/h3-9,12-15,22,29H,10-11,17H2,1-2H3/t22-/m0/s1. The second kappa shape index (κ2) is 11.1. The van der Waals surface area contributed by atoms with Crippen molar-refractivity contribution in [3.8, 4) is 17.2 Å². The maximum absolute atomic E-state index is 12.8. The number of nitrogens with zero attached hydrogens (tertiary/aromatic N) is 2. The normalized spacial score (nSPS) is 12.5. The smallest absolute Gasteiger partial charge is 0.240 e. The summed E-state index contributed by atoms with van der Waals surface area (Å²) in [4.78, 5) is 2.11. The van der Waals surface area contributed by atoms with E-state index in [1.165, 1.54) is 18.2 Å². The summed E-state index contributed by atoms with van der Waals surface area (Å²) in [6.07, 6.45) is 0.773. The van der Waals surface area contributed by atoms with Crippen LogP contribution in [-0.2, 0) is 10.0 Å². The van der Waals surface area contributed by atoms with Crippen molar-refractivity contribution in [2.45, 2.75) is 17.2 Å². The molecule has 0 unspecified atom stereocenters. The molecule has 0 radical (unpaired) electrons. The monoisotopic (exact) mass is 501 g/mol. The van der Waals surface area contributed by atoms with Crippen LogP contribution < -0.4 is 4.72 Å². The van der Waals surface area contributed by atoms with E-state index in [4.69, 9.17) is 28.5 Å². The number of halogens is 2. The summed E-state index contributed by atoms with van der Waals surface area (Å²) < 4.78 is 28.4. The van der Waals surface area contributed by atoms with E-state index >= 15 is 0 Å². The lowest BCUT2D eigenvalue weighted by Gasteiger charge is -2.21. The number of hydrogen-bond donors (Lipinski definition) is 1. The first-order chi connectivity index (χ1) is 15.7. The topological polar surface area (TPSA) is 73.2 Å². The van der Waals surface area contributed by atoms with Crippen LogP contribution in [0.2, 0.25) is 10.0 Å². The molecule has 33 heavy (non-hydrogen) atoms. The van der Waals surface area contributed by atoms with Crippen molar-refractivity contribution in [3.05, 3.63) is 87.9 Å². The van der Waals surface area contributed by atoms with E-state index in [0.717, 1.165) is 29.7 Å². The molecule has 0 aliphatic carbocycles. The van der Waals surface area contributed by atoms with Crippen molar-refractivity contribution in [3.63, 3.8) is 0 Å². The lowest BCUT2D eigenvalue weighted by Crippen LogP contribution is -2.30. The summed E-state index contributed by atoms with van der Waals surface area (Å²) in [5.41, 5.74) is 3.60. The lowest BCUT2D eigenvalue weighted by atomic mass is 9.93. The Hall–Kier alpha value is -2.40. The molecule has 0 saturated carbocycles. The highest BCUT2D eigenvalue weighted by atomic mass is 35.5. The minimum absolute atomic E-state index is 0.0312. The van der Waals surface area contributed by atoms with E-state index in [1.807, 2.05) is 56.6 Å². The van der Waals surface area contributed by atoms with Crippen LogP contribution >= 0.6 is 23.2 Å². The fraction of sp³-hybridized carbons (Fsp3) is 0.240. The van der Waals surface area contributed by atoms with Gasteiger partial charge in [-0.2, -0.15) is 5.26 Å². The molecule has 0 spiro atoms. The van der Waals surface area contributed by atoms with E-state index in [1.54, 1.807) is 6.07 Å². The molecular weight excluding hydrogens is 477 g/mol. The first-order valence-corrected chi connectivity index (χ1v) is 12.6. The van der Waals surface area contributed by atoms with E-state index in [9.17, 15) is 8.42 Å². The van der Waals surface area contributed by atoms with Crippen molar-refractivity contribution < 1.29 is 8.42 Å². The Morgan fingerprint density at radius 2 is 1.64 bits per heavy atom. The molecule has 1 atom stereocenters. The third-order valence-corrected chi connectivity index (χ3v) is 7.14. The third-order valence-electron chi connectivity index (χ3n) is 5.30. The Balaban J connectivity index is 1.81. The summed E-state index contributed by atoms with van der Waals surface area (Å²) >= 11 is 12.0. The third kappa shape index (κ3) is 7.04. The summed E-state index contributed by atoms with van der Waals surface area (Å²) in [5.74, 6) is -0.0312. The molecule has 0 aliphatic rings. The zero-order chi connectivity index (χ0) is 24.0. The van der Waals surface area contributed by atoms with E-state index in [-0.39, 0.29) is 27.4 Å². The van der Waals surface area contributed by atoms with Gasteiger partial charge in [0.2, 0.25) is 10.0 Å². The summed E-state index contributed by atoms with van der Waals surface area (Å²) in [5, 5.41) is 9.68. The van der Waals surface area contributed by atoms with Crippen molar-refractivity contribution in [1.29, 1.82) is 5.26 Å². The van der Waals surface area contributed by atoms with Gasteiger partial charge in [0.05, 0.1) is 16.5 Å². The molecular formula is C25H25Cl2N3O2S. The molecule has 8 heteroatoms. The zero-order valence-electron chi connectivity index (χ0n) is 18.4. The molecule has 0 bridgehead atoms. The van der Waals surface area contributed by atoms with Crippen molar-refractivity contribution in [2.75, 3.05) is 27.2 Å². The molecule has 0 aromatic heterocycles. The number of rotatable bonds is 9. The molecule has 0 aliphatic heterocycles. The van der Waals surface area contributed by atoms with Crippen molar-refractivity contribution in [1.82, 2.24) is 9.62 Å². The average Bonchev–Trinajstić information content (AvgIpc) is 2.78. The van der Waals surface area contributed by atoms with Crippen molar-refractivity contribution in [2.24, 2.45) is 0 Å². The Morgan fingerprint density at radius 1 is 0.970 bits per heavy atom. The van der Waals surface area contributed by atoms with Gasteiger partial charge >= 0.3 is 0 Å². The Morgan fingerprint density at radius 3 is 2.24 bits per heavy atom. The summed E-state index contributed by atoms with van der Waals surface area (Å²) in [6.45, 7) is 1.05. The molecule has 3 rings (SSSR count). The van der Waals surface area contributed by atoms with Crippen LogP contribution in [0.1, 0.15) is 23.5 Å². The molecule has 172 valence electrons. The minimum atomic E-state index is -3.77. The Kier molecular flexibility index (Phi) is 8.52. The summed E-state index contributed by atoms with van der Waals surface area (Å²) in [7, 11) is 0.204. The van der Waals surface area contributed by atoms with Gasteiger partial charge in [-0.05, 0) is 80.0 Å². The first-order valence-electron chi connectivity index (χ1n) is 10.4. The van der Waals surface area contributed by atoms with Gasteiger partial charge in [0.25, 0.3) is 0 Å². The highest BCUT2D eigenvalue weighted by Gasteiger charge is 2.20. The van der Waals surface area contributed by atoms with E-state index < -0.39 is 10.0 Å². The van der Waals surface area contributed by atoms with Crippen LogP contribution in [0.5, 0.6) is 0 Å². The highest BCUT2D eigenvalue weighted by Crippen LogP contribution is 2.27. The average molecular weight is 502 g/mol. The van der Waals surface area contributed by atoms with Gasteiger partial charge in [0.15, 0.2) is 0 Å².